The quantitative estimate of drug-likeness (QED) is 0.433. The largest absolute Gasteiger partial charge is 0.477 e. The Hall–Kier alpha value is -3.49. The second-order valence-electron chi connectivity index (χ2n) is 6.65. The lowest BCUT2D eigenvalue weighted by Gasteiger charge is -2.29. The summed E-state index contributed by atoms with van der Waals surface area (Å²) in [4.78, 5) is 30.6. The molecule has 1 fully saturated rings. The third-order valence-corrected chi connectivity index (χ3v) is 4.66. The first-order chi connectivity index (χ1) is 14.0. The van der Waals surface area contributed by atoms with Crippen LogP contribution in [0.4, 0.5) is 5.69 Å². The minimum atomic E-state index is -0.458. The van der Waals surface area contributed by atoms with Crippen LogP contribution >= 0.6 is 0 Å². The second-order valence-corrected chi connectivity index (χ2v) is 6.65. The van der Waals surface area contributed by atoms with Crippen LogP contribution in [0.3, 0.4) is 0 Å². The molecule has 0 atom stereocenters. The van der Waals surface area contributed by atoms with E-state index in [2.05, 4.69) is 15.3 Å². The van der Waals surface area contributed by atoms with Crippen LogP contribution in [0.5, 0.6) is 11.8 Å². The molecule has 1 aliphatic rings. The molecule has 0 bridgehead atoms. The van der Waals surface area contributed by atoms with Gasteiger partial charge in [0, 0.05) is 36.6 Å². The van der Waals surface area contributed by atoms with Gasteiger partial charge in [0.1, 0.15) is 6.10 Å². The maximum absolute atomic E-state index is 12.1. The molecule has 9 heteroatoms. The molecular formula is C20H22N4O5. The number of benzene rings is 1. The van der Waals surface area contributed by atoms with Gasteiger partial charge in [0.2, 0.25) is 5.91 Å². The lowest BCUT2D eigenvalue weighted by molar-refractivity contribution is -0.384. The summed E-state index contributed by atoms with van der Waals surface area (Å²) < 4.78 is 11.0. The SMILES string of the molecule is COc1nccnc1OC1CCC(NC(=O)/C=C/c2ccc([N+](=O)[O-])cc2)CC1. The number of aromatic nitrogens is 2. The summed E-state index contributed by atoms with van der Waals surface area (Å²) in [6.45, 7) is 0. The number of nitrogens with zero attached hydrogens (tertiary/aromatic N) is 3. The van der Waals surface area contributed by atoms with Crippen molar-refractivity contribution in [2.45, 2.75) is 37.8 Å². The van der Waals surface area contributed by atoms with Gasteiger partial charge in [-0.2, -0.15) is 0 Å². The summed E-state index contributed by atoms with van der Waals surface area (Å²) in [5, 5.41) is 13.6. The first-order valence-corrected chi connectivity index (χ1v) is 9.30. The summed E-state index contributed by atoms with van der Waals surface area (Å²) in [6, 6.07) is 6.10. The van der Waals surface area contributed by atoms with Crippen LogP contribution in [0.25, 0.3) is 6.08 Å². The van der Waals surface area contributed by atoms with Crippen LogP contribution in [0, 0.1) is 10.1 Å². The van der Waals surface area contributed by atoms with Crippen LogP contribution in [0.15, 0.2) is 42.7 Å². The second kappa shape index (κ2) is 9.63. The third-order valence-electron chi connectivity index (χ3n) is 4.66. The zero-order valence-electron chi connectivity index (χ0n) is 16.0. The summed E-state index contributed by atoms with van der Waals surface area (Å²) in [5.74, 6) is 0.552. The molecule has 0 saturated heterocycles. The van der Waals surface area contributed by atoms with E-state index in [1.807, 2.05) is 0 Å². The number of ether oxygens (including phenoxy) is 2. The van der Waals surface area contributed by atoms with Crippen molar-refractivity contribution in [1.29, 1.82) is 0 Å². The Morgan fingerprint density at radius 1 is 1.14 bits per heavy atom. The van der Waals surface area contributed by atoms with Crippen molar-refractivity contribution in [3.8, 4) is 11.8 Å². The van der Waals surface area contributed by atoms with Crippen molar-refractivity contribution in [3.05, 3.63) is 58.4 Å². The molecule has 2 aromatic rings. The van der Waals surface area contributed by atoms with Gasteiger partial charge in [0.15, 0.2) is 0 Å². The van der Waals surface area contributed by atoms with Crippen molar-refractivity contribution in [3.63, 3.8) is 0 Å². The molecule has 29 heavy (non-hydrogen) atoms. The monoisotopic (exact) mass is 398 g/mol. The highest BCUT2D eigenvalue weighted by molar-refractivity contribution is 5.91. The van der Waals surface area contributed by atoms with Crippen molar-refractivity contribution in [1.82, 2.24) is 15.3 Å². The minimum Gasteiger partial charge on any atom is -0.477 e. The Labute approximate surface area is 167 Å². The number of hydrogen-bond donors (Lipinski definition) is 1. The molecule has 0 radical (unpaired) electrons. The molecule has 1 amide bonds. The van der Waals surface area contributed by atoms with Crippen LogP contribution in [-0.2, 0) is 4.79 Å². The Morgan fingerprint density at radius 3 is 2.41 bits per heavy atom. The summed E-state index contributed by atoms with van der Waals surface area (Å²) >= 11 is 0. The molecule has 1 aromatic carbocycles. The molecule has 1 heterocycles. The number of amides is 1. The Kier molecular flexibility index (Phi) is 6.72. The average molecular weight is 398 g/mol. The van der Waals surface area contributed by atoms with E-state index in [4.69, 9.17) is 9.47 Å². The number of carbonyl (C=O) groups is 1. The van der Waals surface area contributed by atoms with Gasteiger partial charge in [-0.15, -0.1) is 0 Å². The first-order valence-electron chi connectivity index (χ1n) is 9.30. The Bertz CT molecular complexity index is 877. The van der Waals surface area contributed by atoms with Crippen LogP contribution in [0.1, 0.15) is 31.2 Å². The number of nitrogens with one attached hydrogen (secondary N) is 1. The maximum atomic E-state index is 12.1. The minimum absolute atomic E-state index is 0.00408. The zero-order chi connectivity index (χ0) is 20.6. The molecule has 1 aromatic heterocycles. The summed E-state index contributed by atoms with van der Waals surface area (Å²) in [6.07, 6.45) is 9.35. The molecule has 1 aliphatic carbocycles. The number of hydrogen-bond acceptors (Lipinski definition) is 7. The predicted octanol–water partition coefficient (Wildman–Crippen LogP) is 2.91. The number of carbonyl (C=O) groups excluding carboxylic acids is 1. The molecule has 1 N–H and O–H groups in total. The van der Waals surface area contributed by atoms with E-state index in [9.17, 15) is 14.9 Å². The van der Waals surface area contributed by atoms with Gasteiger partial charge in [-0.25, -0.2) is 9.97 Å². The maximum Gasteiger partial charge on any atom is 0.278 e. The normalized spacial score (nSPS) is 18.9. The topological polar surface area (TPSA) is 116 Å². The lowest BCUT2D eigenvalue weighted by Crippen LogP contribution is -2.39. The summed E-state index contributed by atoms with van der Waals surface area (Å²) in [5.41, 5.74) is 0.741. The van der Waals surface area contributed by atoms with Crippen LogP contribution in [0.2, 0.25) is 0 Å². The number of rotatable bonds is 7. The van der Waals surface area contributed by atoms with E-state index in [1.54, 1.807) is 30.6 Å². The molecular weight excluding hydrogens is 376 g/mol. The van der Waals surface area contributed by atoms with E-state index in [0.717, 1.165) is 31.2 Å². The zero-order valence-corrected chi connectivity index (χ0v) is 16.0. The Morgan fingerprint density at radius 2 is 1.79 bits per heavy atom. The van der Waals surface area contributed by atoms with Gasteiger partial charge in [0.25, 0.3) is 17.4 Å². The van der Waals surface area contributed by atoms with E-state index < -0.39 is 4.92 Å². The highest BCUT2D eigenvalue weighted by Gasteiger charge is 2.24. The fourth-order valence-corrected chi connectivity index (χ4v) is 3.14. The van der Waals surface area contributed by atoms with Gasteiger partial charge in [-0.1, -0.05) is 0 Å². The molecule has 0 unspecified atom stereocenters. The highest BCUT2D eigenvalue weighted by Crippen LogP contribution is 2.27. The van der Waals surface area contributed by atoms with E-state index in [0.29, 0.717) is 11.8 Å². The lowest BCUT2D eigenvalue weighted by atomic mass is 9.93. The fraction of sp³-hybridized carbons (Fsp3) is 0.350. The van der Waals surface area contributed by atoms with Crippen molar-refractivity contribution < 1.29 is 19.2 Å². The van der Waals surface area contributed by atoms with Crippen LogP contribution < -0.4 is 14.8 Å². The standard InChI is InChI=1S/C20H22N4O5/c1-28-19-20(22-13-12-21-19)29-17-9-5-15(6-10-17)23-18(25)11-4-14-2-7-16(8-3-14)24(26)27/h2-4,7-8,11-13,15,17H,5-6,9-10H2,1H3,(H,23,25)/b11-4+. The molecule has 0 spiro atoms. The average Bonchev–Trinajstić information content (AvgIpc) is 2.74. The van der Waals surface area contributed by atoms with E-state index in [1.165, 1.54) is 25.3 Å². The van der Waals surface area contributed by atoms with E-state index in [-0.39, 0.29) is 23.7 Å². The predicted molar refractivity (Wildman–Crippen MR) is 106 cm³/mol. The Balaban J connectivity index is 1.45. The first kappa shape index (κ1) is 20.2. The number of non-ortho nitro benzene ring substituents is 1. The van der Waals surface area contributed by atoms with Crippen molar-refractivity contribution in [2.24, 2.45) is 0 Å². The van der Waals surface area contributed by atoms with Gasteiger partial charge in [-0.3, -0.25) is 14.9 Å². The van der Waals surface area contributed by atoms with Crippen molar-refractivity contribution in [2.75, 3.05) is 7.11 Å². The van der Waals surface area contributed by atoms with Crippen molar-refractivity contribution >= 4 is 17.7 Å². The smallest absolute Gasteiger partial charge is 0.278 e. The molecule has 9 nitrogen and oxygen atoms in total. The third kappa shape index (κ3) is 5.74. The van der Waals surface area contributed by atoms with E-state index >= 15 is 0 Å². The molecule has 0 aliphatic heterocycles. The number of nitro groups is 1. The highest BCUT2D eigenvalue weighted by atomic mass is 16.6. The van der Waals surface area contributed by atoms with Gasteiger partial charge >= 0.3 is 0 Å². The number of nitro benzene ring substituents is 1. The molecule has 1 saturated carbocycles. The molecule has 3 rings (SSSR count). The number of methoxy groups -OCH3 is 1. The summed E-state index contributed by atoms with van der Waals surface area (Å²) in [7, 11) is 1.52. The van der Waals surface area contributed by atoms with Crippen LogP contribution in [-0.4, -0.2) is 40.1 Å². The molecule has 152 valence electrons. The van der Waals surface area contributed by atoms with Gasteiger partial charge in [-0.05, 0) is 49.5 Å². The fourth-order valence-electron chi connectivity index (χ4n) is 3.14. The van der Waals surface area contributed by atoms with Gasteiger partial charge < -0.3 is 14.8 Å². The van der Waals surface area contributed by atoms with Gasteiger partial charge in [0.05, 0.1) is 12.0 Å².